The van der Waals surface area contributed by atoms with Gasteiger partial charge in [-0.05, 0) is 41.7 Å². The van der Waals surface area contributed by atoms with Crippen LogP contribution in [0.15, 0.2) is 28.1 Å². The molecule has 0 fully saturated rings. The van der Waals surface area contributed by atoms with Crippen molar-refractivity contribution in [3.05, 3.63) is 50.3 Å². The average Bonchev–Trinajstić information content (AvgIpc) is 3.11. The quantitative estimate of drug-likeness (QED) is 0.593. The van der Waals surface area contributed by atoms with Gasteiger partial charge in [-0.25, -0.2) is 0 Å². The maximum absolute atomic E-state index is 6.45. The zero-order valence-electron chi connectivity index (χ0n) is 14.0. The Morgan fingerprint density at radius 3 is 2.35 bits per heavy atom. The molecule has 0 aliphatic carbocycles. The first kappa shape index (κ1) is 19.4. The molecule has 0 aliphatic heterocycles. The number of hydrogen-bond donors (Lipinski definition) is 1. The van der Waals surface area contributed by atoms with E-state index in [2.05, 4.69) is 44.7 Å². The van der Waals surface area contributed by atoms with Crippen LogP contribution in [0.2, 0.25) is 15.2 Å². The number of rotatable bonds is 6. The van der Waals surface area contributed by atoms with Crippen LogP contribution in [0.1, 0.15) is 36.7 Å². The van der Waals surface area contributed by atoms with Gasteiger partial charge in [0, 0.05) is 6.42 Å². The first-order chi connectivity index (χ1) is 12.4. The molecule has 0 saturated heterocycles. The molecule has 0 spiro atoms. The van der Waals surface area contributed by atoms with E-state index < -0.39 is 0 Å². The van der Waals surface area contributed by atoms with E-state index in [-0.39, 0.29) is 5.92 Å². The van der Waals surface area contributed by atoms with Gasteiger partial charge >= 0.3 is 0 Å². The van der Waals surface area contributed by atoms with Crippen molar-refractivity contribution < 1.29 is 0 Å². The topological polar surface area (TPSA) is 80.2 Å². The van der Waals surface area contributed by atoms with E-state index in [4.69, 9.17) is 34.8 Å². The number of benzene rings is 1. The number of tetrazole rings is 1. The third kappa shape index (κ3) is 4.65. The summed E-state index contributed by atoms with van der Waals surface area (Å²) in [5.41, 5.74) is 1.94. The summed E-state index contributed by atoms with van der Waals surface area (Å²) in [7, 11) is 0. The van der Waals surface area contributed by atoms with Gasteiger partial charge in [-0.3, -0.25) is 0 Å². The molecule has 1 N–H and O–H groups in total. The molecule has 2 aromatic heterocycles. The number of aromatic nitrogens is 6. The Morgan fingerprint density at radius 2 is 1.73 bits per heavy atom. The van der Waals surface area contributed by atoms with E-state index >= 15 is 0 Å². The van der Waals surface area contributed by atoms with Crippen LogP contribution in [0.25, 0.3) is 0 Å². The second kappa shape index (κ2) is 8.52. The Balaban J connectivity index is 1.79. The van der Waals surface area contributed by atoms with Crippen molar-refractivity contribution in [2.24, 2.45) is 0 Å². The van der Waals surface area contributed by atoms with Crippen LogP contribution in [-0.4, -0.2) is 30.8 Å². The molecule has 0 unspecified atom stereocenters. The summed E-state index contributed by atoms with van der Waals surface area (Å²) < 4.78 is 0. The molecule has 0 bridgehead atoms. The van der Waals surface area contributed by atoms with Crippen molar-refractivity contribution in [1.29, 1.82) is 0 Å². The van der Waals surface area contributed by atoms with Gasteiger partial charge in [0.2, 0.25) is 0 Å². The number of halogens is 3. The Bertz CT molecular complexity index is 878. The maximum Gasteiger partial charge on any atom is 0.174 e. The summed E-state index contributed by atoms with van der Waals surface area (Å²) in [4.78, 5) is 0.739. The maximum atomic E-state index is 6.45. The van der Waals surface area contributed by atoms with E-state index in [1.165, 1.54) is 11.8 Å². The van der Waals surface area contributed by atoms with E-state index in [0.717, 1.165) is 16.0 Å². The smallest absolute Gasteiger partial charge is 0.174 e. The number of aryl methyl sites for hydroxylation is 2. The second-order valence-corrected chi connectivity index (χ2v) is 8.11. The predicted octanol–water partition coefficient (Wildman–Crippen LogP) is 5.01. The highest BCUT2D eigenvalue weighted by molar-refractivity contribution is 7.99. The van der Waals surface area contributed by atoms with Crippen molar-refractivity contribution in [3.8, 4) is 0 Å². The molecule has 6 nitrogen and oxygen atoms in total. The van der Waals surface area contributed by atoms with E-state index in [1.807, 2.05) is 18.2 Å². The van der Waals surface area contributed by atoms with Gasteiger partial charge in [-0.15, -0.1) is 20.4 Å². The molecule has 3 aromatic rings. The lowest BCUT2D eigenvalue weighted by atomic mass is 10.1. The Hall–Kier alpha value is -1.41. The molecule has 0 saturated carbocycles. The first-order valence-corrected chi connectivity index (χ1v) is 9.80. The number of nitrogens with zero attached hydrogens (tertiary/aromatic N) is 5. The lowest BCUT2D eigenvalue weighted by Gasteiger charge is -2.11. The fraction of sp³-hybridized carbons (Fsp3) is 0.312. The Morgan fingerprint density at radius 1 is 1.00 bits per heavy atom. The van der Waals surface area contributed by atoms with Crippen LogP contribution in [0.5, 0.6) is 0 Å². The summed E-state index contributed by atoms with van der Waals surface area (Å²) in [5, 5.41) is 24.2. The highest BCUT2D eigenvalue weighted by Crippen LogP contribution is 2.39. The summed E-state index contributed by atoms with van der Waals surface area (Å²) in [6.07, 6.45) is 1.36. The van der Waals surface area contributed by atoms with Crippen LogP contribution >= 0.6 is 46.6 Å². The normalized spacial score (nSPS) is 11.3. The number of aromatic amines is 1. The summed E-state index contributed by atoms with van der Waals surface area (Å²) in [6.45, 7) is 4.10. The highest BCUT2D eigenvalue weighted by atomic mass is 35.5. The van der Waals surface area contributed by atoms with Crippen LogP contribution in [0.4, 0.5) is 0 Å². The molecule has 26 heavy (non-hydrogen) atoms. The molecule has 136 valence electrons. The molecule has 0 radical (unpaired) electrons. The van der Waals surface area contributed by atoms with Gasteiger partial charge in [0.15, 0.2) is 11.0 Å². The van der Waals surface area contributed by atoms with Crippen LogP contribution < -0.4 is 0 Å². The van der Waals surface area contributed by atoms with Crippen LogP contribution in [0, 0.1) is 0 Å². The van der Waals surface area contributed by atoms with Crippen LogP contribution in [0.3, 0.4) is 0 Å². The highest BCUT2D eigenvalue weighted by Gasteiger charge is 2.14. The zero-order valence-corrected chi connectivity index (χ0v) is 17.1. The summed E-state index contributed by atoms with van der Waals surface area (Å²) >= 11 is 20.4. The first-order valence-electron chi connectivity index (χ1n) is 7.85. The standard InChI is InChI=1S/C16H15Cl3N6S/c1-8(2)10-7-14(22-23-16(10)19)26-15-11(17)5-9(6-12(15)18)3-4-13-20-24-25-21-13/h5-8H,3-4H2,1-2H3,(H,20,21,24,25). The molecular formula is C16H15Cl3N6S. The van der Waals surface area contributed by atoms with E-state index in [0.29, 0.717) is 38.9 Å². The molecule has 1 aromatic carbocycles. The molecular weight excluding hydrogens is 415 g/mol. The largest absolute Gasteiger partial charge is 0.177 e. The third-order valence-corrected chi connectivity index (χ3v) is 5.83. The van der Waals surface area contributed by atoms with Crippen molar-refractivity contribution in [2.45, 2.75) is 42.5 Å². The minimum atomic E-state index is 0.246. The van der Waals surface area contributed by atoms with Crippen LogP contribution in [-0.2, 0) is 12.8 Å². The van der Waals surface area contributed by atoms with Crippen molar-refractivity contribution >= 4 is 46.6 Å². The predicted molar refractivity (Wildman–Crippen MR) is 103 cm³/mol. The van der Waals surface area contributed by atoms with Gasteiger partial charge in [-0.2, -0.15) is 5.21 Å². The fourth-order valence-corrected chi connectivity index (χ4v) is 4.19. The Kier molecular flexibility index (Phi) is 6.34. The molecule has 0 amide bonds. The van der Waals surface area contributed by atoms with E-state index in [1.54, 1.807) is 0 Å². The van der Waals surface area contributed by atoms with Gasteiger partial charge in [-0.1, -0.05) is 65.6 Å². The molecule has 0 atom stereocenters. The zero-order chi connectivity index (χ0) is 18.7. The van der Waals surface area contributed by atoms with Gasteiger partial charge in [0.05, 0.1) is 14.9 Å². The minimum Gasteiger partial charge on any atom is -0.177 e. The number of hydrogen-bond acceptors (Lipinski definition) is 6. The fourth-order valence-electron chi connectivity index (χ4n) is 2.33. The monoisotopic (exact) mass is 428 g/mol. The average molecular weight is 430 g/mol. The molecule has 0 aliphatic rings. The van der Waals surface area contributed by atoms with Gasteiger partial charge < -0.3 is 0 Å². The van der Waals surface area contributed by atoms with Gasteiger partial charge in [0.1, 0.15) is 5.03 Å². The minimum absolute atomic E-state index is 0.246. The number of nitrogens with one attached hydrogen (secondary N) is 1. The molecule has 2 heterocycles. The number of H-pyrrole nitrogens is 1. The van der Waals surface area contributed by atoms with Crippen molar-refractivity contribution in [2.75, 3.05) is 0 Å². The molecule has 10 heteroatoms. The molecule has 3 rings (SSSR count). The van der Waals surface area contributed by atoms with Gasteiger partial charge in [0.25, 0.3) is 0 Å². The SMILES string of the molecule is CC(C)c1cc(Sc2c(Cl)cc(CCc3nn[nH]n3)cc2Cl)nnc1Cl. The lowest BCUT2D eigenvalue weighted by Crippen LogP contribution is -1.97. The van der Waals surface area contributed by atoms with Crippen molar-refractivity contribution in [1.82, 2.24) is 30.8 Å². The van der Waals surface area contributed by atoms with Crippen molar-refractivity contribution in [3.63, 3.8) is 0 Å². The third-order valence-electron chi connectivity index (χ3n) is 3.67. The Labute approximate surface area is 170 Å². The second-order valence-electron chi connectivity index (χ2n) is 5.90. The summed E-state index contributed by atoms with van der Waals surface area (Å²) in [5.74, 6) is 0.893. The lowest BCUT2D eigenvalue weighted by molar-refractivity contribution is 0.815. The van der Waals surface area contributed by atoms with E-state index in [9.17, 15) is 0 Å². The summed E-state index contributed by atoms with van der Waals surface area (Å²) in [6, 6.07) is 5.70.